The normalized spacial score (nSPS) is 13.9. The largest absolute Gasteiger partial charge is 0.678 e. The number of benzene rings is 6. The Labute approximate surface area is 406 Å². The molecule has 0 saturated carbocycles. The summed E-state index contributed by atoms with van der Waals surface area (Å²) in [4.78, 5) is 5.15. The molecule has 3 aliphatic rings. The molecule has 1 aliphatic heterocycles. The van der Waals surface area contributed by atoms with Gasteiger partial charge in [0.1, 0.15) is 17.1 Å². The van der Waals surface area contributed by atoms with Crippen molar-refractivity contribution in [2.45, 2.75) is 111 Å². The third-order valence-electron chi connectivity index (χ3n) is 14.5. The highest BCUT2D eigenvalue weighted by Crippen LogP contribution is 2.59. The maximum atomic E-state index is 17.4. The predicted octanol–water partition coefficient (Wildman–Crippen LogP) is 15.9. The number of aromatic nitrogens is 2. The lowest BCUT2D eigenvalue weighted by Gasteiger charge is -2.24. The topological polar surface area (TPSA) is 36.3 Å². The van der Waals surface area contributed by atoms with Crippen LogP contribution in [0.15, 0.2) is 97.1 Å². The summed E-state index contributed by atoms with van der Waals surface area (Å²) in [5, 5.41) is 4.85. The standard InChI is InChI=1S/C60H58BF5N2O2/c1-56(2,3)33-23-31-24-34(57(4,5)6)28-40-45(31)39(27-33)47-48(40)53(67-52(47)37-19-15-17-21-43(37)69-13)51(60(62,63)64)55-50-42-30-36(59(10,11)12)26-32-25-35(58(7,8)9)29-41(46(32)42)49(50)54(68(55)61(65)66)38-20-16-18-22-44(38)70-14/h15-30H,1-14H3/b53-51+. The Morgan fingerprint density at radius 3 is 1.41 bits per heavy atom. The monoisotopic (exact) mass is 944 g/mol. The molecule has 7 aromatic rings. The lowest BCUT2D eigenvalue weighted by Crippen LogP contribution is -2.28. The van der Waals surface area contributed by atoms with Crippen LogP contribution >= 0.6 is 0 Å². The molecular formula is C60H58BF5N2O2. The van der Waals surface area contributed by atoms with Crippen LogP contribution in [0.4, 0.5) is 21.8 Å². The van der Waals surface area contributed by atoms with Gasteiger partial charge in [-0.15, -0.1) is 0 Å². The molecule has 2 heterocycles. The Morgan fingerprint density at radius 2 is 0.943 bits per heavy atom. The van der Waals surface area contributed by atoms with Crippen molar-refractivity contribution in [3.05, 3.63) is 141 Å². The molecule has 1 aromatic heterocycles. The van der Waals surface area contributed by atoms with Crippen molar-refractivity contribution in [3.63, 3.8) is 0 Å². The van der Waals surface area contributed by atoms with E-state index < -0.39 is 46.4 Å². The number of rotatable bonds is 6. The van der Waals surface area contributed by atoms with Crippen molar-refractivity contribution in [3.8, 4) is 56.3 Å². The van der Waals surface area contributed by atoms with Gasteiger partial charge in [0.05, 0.1) is 36.7 Å². The molecule has 2 aliphatic carbocycles. The van der Waals surface area contributed by atoms with Gasteiger partial charge in [-0.3, -0.25) is 8.63 Å². The van der Waals surface area contributed by atoms with Crippen molar-refractivity contribution in [1.82, 2.24) is 9.46 Å². The highest BCUT2D eigenvalue weighted by Gasteiger charge is 2.47. The fourth-order valence-electron chi connectivity index (χ4n) is 10.8. The number of hydrogen-bond donors (Lipinski definition) is 0. The minimum Gasteiger partial charge on any atom is -0.496 e. The van der Waals surface area contributed by atoms with Crippen LogP contribution in [-0.2, 0) is 21.7 Å². The summed E-state index contributed by atoms with van der Waals surface area (Å²) >= 11 is 0. The van der Waals surface area contributed by atoms with Gasteiger partial charge in [0.15, 0.2) is 0 Å². The highest BCUT2D eigenvalue weighted by molar-refractivity contribution is 6.44. The molecule has 0 unspecified atom stereocenters. The van der Waals surface area contributed by atoms with E-state index in [1.54, 1.807) is 48.5 Å². The molecule has 10 rings (SSSR count). The average Bonchev–Trinajstić information content (AvgIpc) is 4.00. The van der Waals surface area contributed by atoms with Crippen molar-refractivity contribution in [1.29, 1.82) is 0 Å². The van der Waals surface area contributed by atoms with Crippen LogP contribution in [0.2, 0.25) is 0 Å². The van der Waals surface area contributed by atoms with E-state index in [2.05, 4.69) is 113 Å². The fraction of sp³-hybridized carbons (Fsp3) is 0.317. The second-order valence-corrected chi connectivity index (χ2v) is 23.2. The Bertz CT molecular complexity index is 3730. The number of halogens is 5. The van der Waals surface area contributed by atoms with E-state index in [9.17, 15) is 0 Å². The Kier molecular flexibility index (Phi) is 10.5. The zero-order valence-electron chi connectivity index (χ0n) is 42.4. The zero-order chi connectivity index (χ0) is 50.5. The third kappa shape index (κ3) is 7.17. The number of para-hydroxylation sites is 2. The number of hydrogen-bond acceptors (Lipinski definition) is 3. The smallest absolute Gasteiger partial charge is 0.496 e. The van der Waals surface area contributed by atoms with Crippen LogP contribution < -0.4 is 14.8 Å². The molecule has 6 aromatic carbocycles. The summed E-state index contributed by atoms with van der Waals surface area (Å²) in [6.45, 7) is 25.0. The SMILES string of the molecule is COc1ccccc1-c1n/c(=C(\c2c3c(c(-c4ccccc4OC)n2B(F)F)-c2cc(C(C)(C)C)cc4cc(C(C)(C)C)cc-3c24)C(F)(F)F)c2c3cc(C(C)(C)C)cc4cc(C(C)(C)C)cc(c1=2)c43. The Balaban J connectivity index is 1.55. The Hall–Kier alpha value is -6.42. The van der Waals surface area contributed by atoms with E-state index in [1.165, 1.54) is 14.2 Å². The number of ether oxygens (including phenoxy) is 2. The minimum absolute atomic E-state index is 0.0663. The highest BCUT2D eigenvalue weighted by atomic mass is 19.4. The van der Waals surface area contributed by atoms with Crippen LogP contribution in [0.5, 0.6) is 11.5 Å². The molecule has 0 N–H and O–H groups in total. The average molecular weight is 945 g/mol. The van der Waals surface area contributed by atoms with E-state index in [0.717, 1.165) is 43.8 Å². The molecule has 0 radical (unpaired) electrons. The first-order chi connectivity index (χ1) is 32.6. The number of methoxy groups -OCH3 is 2. The molecule has 0 amide bonds. The molecule has 10 heteroatoms. The number of fused-ring (bicyclic) bond motifs is 5. The van der Waals surface area contributed by atoms with Crippen LogP contribution in [0.1, 0.15) is 111 Å². The lowest BCUT2D eigenvalue weighted by atomic mass is 9.81. The Morgan fingerprint density at radius 1 is 0.514 bits per heavy atom. The summed E-state index contributed by atoms with van der Waals surface area (Å²) in [6, 6.07) is 30.3. The maximum absolute atomic E-state index is 17.4. The molecule has 0 saturated heterocycles. The number of alkyl halides is 3. The lowest BCUT2D eigenvalue weighted by molar-refractivity contribution is -0.0698. The summed E-state index contributed by atoms with van der Waals surface area (Å²) in [5.41, 5.74) is 2.53. The van der Waals surface area contributed by atoms with E-state index in [4.69, 9.17) is 14.5 Å². The van der Waals surface area contributed by atoms with Gasteiger partial charge in [-0.1, -0.05) is 132 Å². The van der Waals surface area contributed by atoms with Crippen LogP contribution in [0, 0.1) is 10.4 Å². The molecule has 0 atom stereocenters. The second-order valence-electron chi connectivity index (χ2n) is 23.2. The van der Waals surface area contributed by atoms with Gasteiger partial charge in [0, 0.05) is 32.7 Å². The predicted molar refractivity (Wildman–Crippen MR) is 278 cm³/mol. The van der Waals surface area contributed by atoms with Crippen molar-refractivity contribution in [2.75, 3.05) is 14.2 Å². The summed E-state index contributed by atoms with van der Waals surface area (Å²) in [5.74, 6) is 0.663. The van der Waals surface area contributed by atoms with E-state index in [-0.39, 0.29) is 38.9 Å². The minimum atomic E-state index is -5.23. The quantitative estimate of drug-likeness (QED) is 0.123. The van der Waals surface area contributed by atoms with Gasteiger partial charge in [-0.25, -0.2) is 4.98 Å². The summed E-state index contributed by atoms with van der Waals surface area (Å²) in [6.07, 6.45) is -5.23. The fourth-order valence-corrected chi connectivity index (χ4v) is 10.8. The second kappa shape index (κ2) is 15.5. The van der Waals surface area contributed by atoms with E-state index >= 15 is 21.8 Å². The maximum Gasteiger partial charge on any atom is 0.678 e. The van der Waals surface area contributed by atoms with Gasteiger partial charge >= 0.3 is 13.6 Å². The molecule has 0 fully saturated rings. The molecular weight excluding hydrogens is 886 g/mol. The van der Waals surface area contributed by atoms with Crippen LogP contribution in [0.3, 0.4) is 0 Å². The van der Waals surface area contributed by atoms with Gasteiger partial charge in [-0.05, 0) is 136 Å². The number of nitrogens with zero attached hydrogens (tertiary/aromatic N) is 2. The van der Waals surface area contributed by atoms with Crippen molar-refractivity contribution >= 4 is 45.3 Å². The molecule has 4 nitrogen and oxygen atoms in total. The van der Waals surface area contributed by atoms with E-state index in [0.29, 0.717) is 48.5 Å². The molecule has 0 bridgehead atoms. The first kappa shape index (κ1) is 47.3. The van der Waals surface area contributed by atoms with Crippen molar-refractivity contribution < 1.29 is 31.3 Å². The first-order valence-corrected chi connectivity index (χ1v) is 23.9. The van der Waals surface area contributed by atoms with Gasteiger partial charge in [0.25, 0.3) is 0 Å². The van der Waals surface area contributed by atoms with Crippen LogP contribution in [-0.4, -0.2) is 37.3 Å². The van der Waals surface area contributed by atoms with Crippen LogP contribution in [0.25, 0.3) is 82.7 Å². The van der Waals surface area contributed by atoms with Gasteiger partial charge in [-0.2, -0.15) is 13.2 Å². The van der Waals surface area contributed by atoms with Gasteiger partial charge < -0.3 is 14.0 Å². The zero-order valence-corrected chi connectivity index (χ0v) is 42.4. The molecule has 0 spiro atoms. The molecule has 358 valence electrons. The van der Waals surface area contributed by atoms with Crippen molar-refractivity contribution in [2.24, 2.45) is 0 Å². The third-order valence-corrected chi connectivity index (χ3v) is 14.5. The summed E-state index contributed by atoms with van der Waals surface area (Å²) < 4.78 is 98.5. The first-order valence-electron chi connectivity index (χ1n) is 23.9. The molecule has 70 heavy (non-hydrogen) atoms. The summed E-state index contributed by atoms with van der Waals surface area (Å²) in [7, 11) is -0.475. The van der Waals surface area contributed by atoms with E-state index in [1.807, 2.05) is 18.2 Å². The van der Waals surface area contributed by atoms with Gasteiger partial charge in [0.2, 0.25) is 0 Å².